The maximum absolute atomic E-state index is 13.7. The molecular weight excluding hydrogens is 539 g/mol. The van der Waals surface area contributed by atoms with E-state index in [1.165, 1.54) is 0 Å². The summed E-state index contributed by atoms with van der Waals surface area (Å²) in [6.07, 6.45) is 0. The fourth-order valence-electron chi connectivity index (χ4n) is 4.11. The van der Waals surface area contributed by atoms with Crippen LogP contribution >= 0.6 is 7.82 Å². The second-order valence-electron chi connectivity index (χ2n) is 9.41. The lowest BCUT2D eigenvalue weighted by molar-refractivity contribution is -0.237. The molecule has 0 saturated carbocycles. The molecule has 0 bridgehead atoms. The third kappa shape index (κ3) is 7.23. The highest BCUT2D eigenvalue weighted by molar-refractivity contribution is 7.48. The van der Waals surface area contributed by atoms with Gasteiger partial charge in [-0.05, 0) is 73.4 Å². The van der Waals surface area contributed by atoms with Gasteiger partial charge in [0.2, 0.25) is 0 Å². The Morgan fingerprint density at radius 1 is 0.463 bits per heavy atom. The lowest BCUT2D eigenvalue weighted by Gasteiger charge is -2.19. The van der Waals surface area contributed by atoms with Crippen molar-refractivity contribution in [1.29, 1.82) is 0 Å². The van der Waals surface area contributed by atoms with Crippen molar-refractivity contribution in [1.82, 2.24) is 0 Å². The molecule has 0 atom stereocenters. The van der Waals surface area contributed by atoms with Gasteiger partial charge in [-0.3, -0.25) is 0 Å². The number of hydrogen-bond donors (Lipinski definition) is 0. The van der Waals surface area contributed by atoms with Crippen molar-refractivity contribution >= 4 is 7.82 Å². The average molecular weight is 569 g/mol. The molecule has 5 rings (SSSR count). The standard InChI is InChI=1S/C33H29O7P/c1-24-14-19-29(20-15-24)35-38-41(34,39-36-30-21-16-25(2)17-22-30)40-37-31-23-18-26(3)32(27-10-6-4-7-11-27)33(31)28-12-8-5-9-13-28/h4-23H,1-3H3. The molecule has 0 saturated heterocycles. The van der Waals surface area contributed by atoms with Crippen LogP contribution in [0.15, 0.2) is 121 Å². The molecule has 0 radical (unpaired) electrons. The van der Waals surface area contributed by atoms with Crippen molar-refractivity contribution in [2.45, 2.75) is 20.8 Å². The smallest absolute Gasteiger partial charge is 0.327 e. The van der Waals surface area contributed by atoms with Gasteiger partial charge >= 0.3 is 7.82 Å². The molecule has 0 amide bonds. The molecule has 7 nitrogen and oxygen atoms in total. The Labute approximate surface area is 239 Å². The van der Waals surface area contributed by atoms with Crippen LogP contribution in [0.2, 0.25) is 0 Å². The van der Waals surface area contributed by atoms with Crippen LogP contribution in [0.1, 0.15) is 16.7 Å². The zero-order chi connectivity index (χ0) is 28.7. The topological polar surface area (TPSA) is 72.5 Å². The molecule has 0 aliphatic carbocycles. The van der Waals surface area contributed by atoms with Gasteiger partial charge in [0, 0.05) is 5.56 Å². The summed E-state index contributed by atoms with van der Waals surface area (Å²) in [5, 5.41) is 0. The Morgan fingerprint density at radius 3 is 1.39 bits per heavy atom. The lowest BCUT2D eigenvalue weighted by Crippen LogP contribution is -2.08. The molecule has 5 aromatic carbocycles. The van der Waals surface area contributed by atoms with Crippen molar-refractivity contribution in [2.24, 2.45) is 0 Å². The van der Waals surface area contributed by atoms with E-state index < -0.39 is 7.82 Å². The minimum atomic E-state index is -4.62. The van der Waals surface area contributed by atoms with Gasteiger partial charge in [0.15, 0.2) is 17.2 Å². The summed E-state index contributed by atoms with van der Waals surface area (Å²) in [5.41, 5.74) is 6.57. The minimum Gasteiger partial charge on any atom is -0.327 e. The van der Waals surface area contributed by atoms with Crippen LogP contribution in [0.25, 0.3) is 22.3 Å². The second kappa shape index (κ2) is 12.9. The summed E-state index contributed by atoms with van der Waals surface area (Å²) in [6.45, 7) is 5.88. The molecule has 0 unspecified atom stereocenters. The van der Waals surface area contributed by atoms with E-state index in [2.05, 4.69) is 0 Å². The second-order valence-corrected chi connectivity index (χ2v) is 10.8. The SMILES string of the molecule is Cc1ccc(OOP(=O)(OOc2ccc(C)cc2)OOc2ccc(C)c(-c3ccccc3)c2-c2ccccc2)cc1. The van der Waals surface area contributed by atoms with E-state index in [1.54, 1.807) is 30.3 Å². The Morgan fingerprint density at radius 2 is 0.902 bits per heavy atom. The number of hydrogen-bond acceptors (Lipinski definition) is 7. The molecule has 5 aromatic rings. The van der Waals surface area contributed by atoms with Crippen molar-refractivity contribution in [3.05, 3.63) is 138 Å². The van der Waals surface area contributed by atoms with Crippen LogP contribution in [-0.2, 0) is 18.6 Å². The maximum Gasteiger partial charge on any atom is 0.583 e. The van der Waals surface area contributed by atoms with Gasteiger partial charge in [-0.1, -0.05) is 116 Å². The highest BCUT2D eigenvalue weighted by Gasteiger charge is 2.36. The molecule has 0 fully saturated rings. The van der Waals surface area contributed by atoms with Crippen LogP contribution in [0, 0.1) is 20.8 Å². The number of phosphoric acid groups is 1. The molecule has 0 heterocycles. The number of aryl methyl sites for hydroxylation is 3. The minimum absolute atomic E-state index is 0.282. The Balaban J connectivity index is 1.46. The van der Waals surface area contributed by atoms with Crippen LogP contribution < -0.4 is 14.7 Å². The van der Waals surface area contributed by atoms with Crippen LogP contribution in [0.3, 0.4) is 0 Å². The van der Waals surface area contributed by atoms with Gasteiger partial charge < -0.3 is 14.7 Å². The van der Waals surface area contributed by atoms with E-state index in [-0.39, 0.29) is 11.5 Å². The zero-order valence-electron chi connectivity index (χ0n) is 22.9. The van der Waals surface area contributed by atoms with Gasteiger partial charge in [0.05, 0.1) is 0 Å². The normalized spacial score (nSPS) is 11.2. The largest absolute Gasteiger partial charge is 0.583 e. The first-order valence-electron chi connectivity index (χ1n) is 13.0. The highest BCUT2D eigenvalue weighted by atomic mass is 31.2. The number of benzene rings is 5. The van der Waals surface area contributed by atoms with Crippen molar-refractivity contribution < 1.29 is 33.3 Å². The number of rotatable bonds is 11. The highest BCUT2D eigenvalue weighted by Crippen LogP contribution is 2.51. The van der Waals surface area contributed by atoms with Crippen molar-refractivity contribution in [3.8, 4) is 39.5 Å². The fraction of sp³-hybridized carbons (Fsp3) is 0.0909. The molecule has 8 heteroatoms. The van der Waals surface area contributed by atoms with Crippen molar-refractivity contribution in [3.63, 3.8) is 0 Å². The quantitative estimate of drug-likeness (QED) is 0.0893. The predicted octanol–water partition coefficient (Wildman–Crippen LogP) is 9.39. The van der Waals surface area contributed by atoms with Gasteiger partial charge in [-0.25, -0.2) is 4.57 Å². The van der Waals surface area contributed by atoms with E-state index >= 15 is 0 Å². The molecule has 0 N–H and O–H groups in total. The zero-order valence-corrected chi connectivity index (χ0v) is 23.7. The molecule has 0 spiro atoms. The summed E-state index contributed by atoms with van der Waals surface area (Å²) in [7, 11) is -4.62. The third-order valence-corrected chi connectivity index (χ3v) is 6.98. The van der Waals surface area contributed by atoms with Crippen LogP contribution in [0.4, 0.5) is 0 Å². The van der Waals surface area contributed by atoms with Gasteiger partial charge in [0.1, 0.15) is 0 Å². The molecule has 41 heavy (non-hydrogen) atoms. The summed E-state index contributed by atoms with van der Waals surface area (Å²) >= 11 is 0. The van der Waals surface area contributed by atoms with Gasteiger partial charge in [0.25, 0.3) is 0 Å². The van der Waals surface area contributed by atoms with Gasteiger partial charge in [-0.15, -0.1) is 0 Å². The predicted molar refractivity (Wildman–Crippen MR) is 157 cm³/mol. The van der Waals surface area contributed by atoms with Gasteiger partial charge in [-0.2, -0.15) is 0 Å². The Hall–Kier alpha value is -4.39. The van der Waals surface area contributed by atoms with E-state index in [4.69, 9.17) is 28.7 Å². The van der Waals surface area contributed by atoms with E-state index in [9.17, 15) is 4.57 Å². The molecule has 0 aliphatic rings. The first kappa shape index (κ1) is 28.1. The monoisotopic (exact) mass is 568 g/mol. The first-order chi connectivity index (χ1) is 19.9. The summed E-state index contributed by atoms with van der Waals surface area (Å²) in [6, 6.07) is 37.1. The summed E-state index contributed by atoms with van der Waals surface area (Å²) in [5.74, 6) is 0.855. The maximum atomic E-state index is 13.7. The van der Waals surface area contributed by atoms with E-state index in [0.717, 1.165) is 38.9 Å². The molecule has 208 valence electrons. The van der Waals surface area contributed by atoms with Crippen molar-refractivity contribution in [2.75, 3.05) is 0 Å². The Kier molecular flexibility index (Phi) is 8.82. The summed E-state index contributed by atoms with van der Waals surface area (Å²) in [4.78, 5) is 16.3. The average Bonchev–Trinajstić information content (AvgIpc) is 3.01. The first-order valence-corrected chi connectivity index (χ1v) is 14.4. The molecular formula is C33H29O7P. The van der Waals surface area contributed by atoms with Crippen LogP contribution in [-0.4, -0.2) is 0 Å². The Bertz CT molecular complexity index is 1570. The van der Waals surface area contributed by atoms with Crippen LogP contribution in [0.5, 0.6) is 17.2 Å². The molecule has 0 aliphatic heterocycles. The lowest BCUT2D eigenvalue weighted by atomic mass is 9.90. The third-order valence-electron chi connectivity index (χ3n) is 6.21. The molecule has 0 aromatic heterocycles. The van der Waals surface area contributed by atoms with E-state index in [1.807, 2.05) is 112 Å². The van der Waals surface area contributed by atoms with E-state index in [0.29, 0.717) is 5.75 Å². The summed E-state index contributed by atoms with van der Waals surface area (Å²) < 4.78 is 29.4. The fourth-order valence-corrected chi connectivity index (χ4v) is 4.71.